The highest BCUT2D eigenvalue weighted by Gasteiger charge is 2.24. The summed E-state index contributed by atoms with van der Waals surface area (Å²) in [7, 11) is 1.51. The number of pyridine rings is 1. The number of benzene rings is 2. The first-order valence-corrected chi connectivity index (χ1v) is 7.80. The number of methoxy groups -OCH3 is 1. The van der Waals surface area contributed by atoms with Crippen LogP contribution in [-0.2, 0) is 0 Å². The van der Waals surface area contributed by atoms with Crippen molar-refractivity contribution in [1.82, 2.24) is 4.98 Å². The molecule has 0 saturated carbocycles. The Morgan fingerprint density at radius 3 is 2.64 bits per heavy atom. The lowest BCUT2D eigenvalue weighted by molar-refractivity contribution is 0.373. The minimum atomic E-state index is 0.0932. The topological polar surface area (TPSA) is 67.1 Å². The molecule has 122 valence electrons. The Morgan fingerprint density at radius 2 is 1.80 bits per heavy atom. The van der Waals surface area contributed by atoms with Gasteiger partial charge in [0.2, 0.25) is 0 Å². The monoisotopic (exact) mass is 329 g/mol. The van der Waals surface area contributed by atoms with E-state index in [4.69, 9.17) is 4.74 Å². The van der Waals surface area contributed by atoms with Crippen LogP contribution in [0.4, 0.5) is 0 Å². The highest BCUT2D eigenvalue weighted by atomic mass is 16.5. The van der Waals surface area contributed by atoms with Crippen LogP contribution in [0.15, 0.2) is 71.1 Å². The van der Waals surface area contributed by atoms with Gasteiger partial charge in [0, 0.05) is 23.5 Å². The van der Waals surface area contributed by atoms with Crippen molar-refractivity contribution >= 4 is 11.9 Å². The van der Waals surface area contributed by atoms with Gasteiger partial charge in [-0.1, -0.05) is 24.3 Å². The normalized spacial score (nSPS) is 13.9. The number of ether oxygens (including phenoxy) is 1. The molecule has 1 aromatic heterocycles. The number of hydrogen-bond acceptors (Lipinski definition) is 5. The maximum Gasteiger partial charge on any atom is 0.161 e. The van der Waals surface area contributed by atoms with Crippen molar-refractivity contribution < 1.29 is 9.84 Å². The van der Waals surface area contributed by atoms with Crippen molar-refractivity contribution in [3.8, 4) is 22.6 Å². The number of rotatable bonds is 3. The summed E-state index contributed by atoms with van der Waals surface area (Å²) in [6.07, 6.45) is 5.23. The smallest absolute Gasteiger partial charge is 0.161 e. The lowest BCUT2D eigenvalue weighted by Gasteiger charge is -2.03. The van der Waals surface area contributed by atoms with Crippen molar-refractivity contribution in [3.63, 3.8) is 0 Å². The molecule has 5 nitrogen and oxygen atoms in total. The first-order valence-electron chi connectivity index (χ1n) is 7.80. The number of aromatic nitrogens is 1. The molecule has 25 heavy (non-hydrogen) atoms. The zero-order valence-electron chi connectivity index (χ0n) is 13.5. The molecular weight excluding hydrogens is 314 g/mol. The Hall–Kier alpha value is -3.47. The van der Waals surface area contributed by atoms with E-state index < -0.39 is 0 Å². The van der Waals surface area contributed by atoms with Gasteiger partial charge in [-0.05, 0) is 41.0 Å². The highest BCUT2D eigenvalue weighted by Crippen LogP contribution is 2.36. The lowest BCUT2D eigenvalue weighted by atomic mass is 10.1. The molecule has 1 aliphatic rings. The number of nitrogens with zero attached hydrogens (tertiary/aromatic N) is 3. The van der Waals surface area contributed by atoms with Crippen molar-refractivity contribution in [2.75, 3.05) is 7.11 Å². The minimum Gasteiger partial charge on any atom is -0.504 e. The SMILES string of the molecule is COc1cc(/C=N/N=C2/c3ccccc3-c3ccncc32)ccc1O. The van der Waals surface area contributed by atoms with Gasteiger partial charge >= 0.3 is 0 Å². The van der Waals surface area contributed by atoms with Gasteiger partial charge in [-0.25, -0.2) is 0 Å². The Balaban J connectivity index is 1.72. The van der Waals surface area contributed by atoms with E-state index in [1.165, 1.54) is 7.11 Å². The van der Waals surface area contributed by atoms with Crippen LogP contribution < -0.4 is 4.74 Å². The summed E-state index contributed by atoms with van der Waals surface area (Å²) in [4.78, 5) is 4.21. The number of phenols is 1. The van der Waals surface area contributed by atoms with E-state index in [2.05, 4.69) is 21.3 Å². The molecule has 1 heterocycles. The molecule has 1 aliphatic carbocycles. The standard InChI is InChI=1S/C20H15N3O2/c1-25-19-10-13(6-7-18(19)24)11-22-23-20-16-5-3-2-4-14(16)15-8-9-21-12-17(15)20/h2-12,24H,1H3/b22-11+,23-20-. The summed E-state index contributed by atoms with van der Waals surface area (Å²) in [6, 6.07) is 15.1. The van der Waals surface area contributed by atoms with E-state index in [-0.39, 0.29) is 5.75 Å². The summed E-state index contributed by atoms with van der Waals surface area (Å²) >= 11 is 0. The maximum absolute atomic E-state index is 9.65. The molecule has 0 fully saturated rings. The summed E-state index contributed by atoms with van der Waals surface area (Å²) in [5.41, 5.74) is 5.87. The molecule has 0 bridgehead atoms. The van der Waals surface area contributed by atoms with Gasteiger partial charge in [-0.3, -0.25) is 4.98 Å². The fourth-order valence-corrected chi connectivity index (χ4v) is 2.92. The van der Waals surface area contributed by atoms with Gasteiger partial charge in [0.1, 0.15) is 5.71 Å². The van der Waals surface area contributed by atoms with E-state index in [0.717, 1.165) is 33.5 Å². The van der Waals surface area contributed by atoms with Crippen LogP contribution in [-0.4, -0.2) is 29.1 Å². The van der Waals surface area contributed by atoms with Crippen molar-refractivity contribution in [2.45, 2.75) is 0 Å². The minimum absolute atomic E-state index is 0.0932. The molecule has 0 spiro atoms. The Labute approximate surface area is 145 Å². The third-order valence-corrected chi connectivity index (χ3v) is 4.12. The van der Waals surface area contributed by atoms with Gasteiger partial charge in [0.15, 0.2) is 11.5 Å². The Kier molecular flexibility index (Phi) is 3.74. The van der Waals surface area contributed by atoms with E-state index in [1.807, 2.05) is 30.5 Å². The number of aromatic hydroxyl groups is 1. The summed E-state index contributed by atoms with van der Waals surface area (Å²) in [5, 5.41) is 18.3. The molecule has 0 saturated heterocycles. The van der Waals surface area contributed by atoms with Crippen LogP contribution in [0.5, 0.6) is 11.5 Å². The van der Waals surface area contributed by atoms with E-state index in [0.29, 0.717) is 5.75 Å². The molecular formula is C20H15N3O2. The molecule has 5 heteroatoms. The van der Waals surface area contributed by atoms with Crippen molar-refractivity contribution in [2.24, 2.45) is 10.2 Å². The van der Waals surface area contributed by atoms with E-state index in [1.54, 1.807) is 30.6 Å². The van der Waals surface area contributed by atoms with Crippen LogP contribution in [0.3, 0.4) is 0 Å². The number of fused-ring (bicyclic) bond motifs is 3. The first kappa shape index (κ1) is 15.1. The van der Waals surface area contributed by atoms with Gasteiger partial charge < -0.3 is 9.84 Å². The van der Waals surface area contributed by atoms with Gasteiger partial charge in [-0.2, -0.15) is 5.10 Å². The summed E-state index contributed by atoms with van der Waals surface area (Å²) in [6.45, 7) is 0. The van der Waals surface area contributed by atoms with Crippen molar-refractivity contribution in [1.29, 1.82) is 0 Å². The molecule has 0 atom stereocenters. The van der Waals surface area contributed by atoms with Gasteiger partial charge in [0.05, 0.1) is 13.3 Å². The molecule has 0 aliphatic heterocycles. The van der Waals surface area contributed by atoms with E-state index in [9.17, 15) is 5.11 Å². The van der Waals surface area contributed by atoms with Crippen LogP contribution in [0, 0.1) is 0 Å². The molecule has 0 radical (unpaired) electrons. The average molecular weight is 329 g/mol. The predicted octanol–water partition coefficient (Wildman–Crippen LogP) is 3.65. The van der Waals surface area contributed by atoms with Gasteiger partial charge in [0.25, 0.3) is 0 Å². The largest absolute Gasteiger partial charge is 0.504 e. The predicted molar refractivity (Wildman–Crippen MR) is 97.6 cm³/mol. The Morgan fingerprint density at radius 1 is 1.00 bits per heavy atom. The van der Waals surface area contributed by atoms with Crippen LogP contribution >= 0.6 is 0 Å². The van der Waals surface area contributed by atoms with Crippen LogP contribution in [0.25, 0.3) is 11.1 Å². The maximum atomic E-state index is 9.65. The van der Waals surface area contributed by atoms with E-state index >= 15 is 0 Å². The second kappa shape index (κ2) is 6.20. The molecule has 2 aromatic carbocycles. The second-order valence-electron chi connectivity index (χ2n) is 5.59. The zero-order valence-corrected chi connectivity index (χ0v) is 13.5. The molecule has 0 amide bonds. The molecule has 0 unspecified atom stereocenters. The first-order chi connectivity index (χ1) is 12.3. The number of phenolic OH excluding ortho intramolecular Hbond substituents is 1. The quantitative estimate of drug-likeness (QED) is 0.461. The Bertz CT molecular complexity index is 962. The fourth-order valence-electron chi connectivity index (χ4n) is 2.92. The lowest BCUT2D eigenvalue weighted by Crippen LogP contribution is -1.97. The summed E-state index contributed by atoms with van der Waals surface area (Å²) in [5.74, 6) is 0.494. The zero-order chi connectivity index (χ0) is 17.2. The van der Waals surface area contributed by atoms with Gasteiger partial charge in [-0.15, -0.1) is 5.10 Å². The third kappa shape index (κ3) is 2.65. The van der Waals surface area contributed by atoms with Crippen LogP contribution in [0.2, 0.25) is 0 Å². The highest BCUT2D eigenvalue weighted by molar-refractivity contribution is 6.24. The number of hydrogen-bond donors (Lipinski definition) is 1. The second-order valence-corrected chi connectivity index (χ2v) is 5.59. The molecule has 1 N–H and O–H groups in total. The van der Waals surface area contributed by atoms with Crippen molar-refractivity contribution in [3.05, 3.63) is 77.6 Å². The average Bonchev–Trinajstić information content (AvgIpc) is 2.97. The van der Waals surface area contributed by atoms with Crippen LogP contribution in [0.1, 0.15) is 16.7 Å². The fraction of sp³-hybridized carbons (Fsp3) is 0.0500. The summed E-state index contributed by atoms with van der Waals surface area (Å²) < 4.78 is 5.10. The molecule has 4 rings (SSSR count). The molecule has 3 aromatic rings. The third-order valence-electron chi connectivity index (χ3n) is 4.12.